The maximum Gasteiger partial charge on any atom is 0.287 e. The number of carbonyl (C=O) groups is 1. The molecule has 0 saturated carbocycles. The second-order valence-corrected chi connectivity index (χ2v) is 7.05. The van der Waals surface area contributed by atoms with Crippen LogP contribution in [0.2, 0.25) is 0 Å². The molecule has 0 saturated heterocycles. The van der Waals surface area contributed by atoms with Crippen LogP contribution in [0.15, 0.2) is 89.3 Å². The number of furan rings is 1. The molecule has 1 amide bonds. The zero-order valence-corrected chi connectivity index (χ0v) is 15.6. The van der Waals surface area contributed by atoms with Crippen LogP contribution < -0.4 is 5.32 Å². The third-order valence-corrected chi connectivity index (χ3v) is 4.86. The molecule has 2 N–H and O–H groups in total. The van der Waals surface area contributed by atoms with E-state index in [1.807, 2.05) is 78.9 Å². The average Bonchev–Trinajstić information content (AvgIpc) is 3.17. The number of rotatable bonds is 5. The second-order valence-electron chi connectivity index (χ2n) is 7.05. The van der Waals surface area contributed by atoms with E-state index < -0.39 is 5.60 Å². The number of aliphatic hydroxyl groups is 1. The molecule has 3 aromatic carbocycles. The van der Waals surface area contributed by atoms with Crippen molar-refractivity contribution in [2.75, 3.05) is 6.54 Å². The Bertz CT molecular complexity index is 1060. The van der Waals surface area contributed by atoms with Crippen molar-refractivity contribution in [3.05, 3.63) is 96.3 Å². The summed E-state index contributed by atoms with van der Waals surface area (Å²) >= 11 is 0. The Labute approximate surface area is 163 Å². The highest BCUT2D eigenvalue weighted by Crippen LogP contribution is 2.25. The number of fused-ring (bicyclic) bond motifs is 1. The topological polar surface area (TPSA) is 62.5 Å². The van der Waals surface area contributed by atoms with Crippen molar-refractivity contribution in [3.63, 3.8) is 0 Å². The lowest BCUT2D eigenvalue weighted by Gasteiger charge is -2.24. The Morgan fingerprint density at radius 2 is 1.57 bits per heavy atom. The minimum absolute atomic E-state index is 0.0769. The largest absolute Gasteiger partial charge is 0.451 e. The van der Waals surface area contributed by atoms with Crippen molar-refractivity contribution in [2.45, 2.75) is 12.5 Å². The number of nitrogens with one attached hydrogen (secondary N) is 1. The first-order valence-electron chi connectivity index (χ1n) is 9.18. The second kappa shape index (κ2) is 7.33. The molecule has 4 nitrogen and oxygen atoms in total. The molecule has 28 heavy (non-hydrogen) atoms. The molecule has 1 atom stereocenters. The third kappa shape index (κ3) is 3.68. The van der Waals surface area contributed by atoms with Crippen molar-refractivity contribution in [2.24, 2.45) is 0 Å². The maximum atomic E-state index is 12.4. The summed E-state index contributed by atoms with van der Waals surface area (Å²) in [6.45, 7) is 1.76. The van der Waals surface area contributed by atoms with Crippen molar-refractivity contribution in [1.82, 2.24) is 5.32 Å². The first-order chi connectivity index (χ1) is 13.5. The molecule has 1 heterocycles. The zero-order valence-electron chi connectivity index (χ0n) is 15.6. The molecule has 4 heteroatoms. The van der Waals surface area contributed by atoms with Gasteiger partial charge < -0.3 is 14.8 Å². The summed E-state index contributed by atoms with van der Waals surface area (Å²) in [6.07, 6.45) is 0. The maximum absolute atomic E-state index is 12.4. The summed E-state index contributed by atoms with van der Waals surface area (Å²) in [5, 5.41) is 14.5. The summed E-state index contributed by atoms with van der Waals surface area (Å²) in [7, 11) is 0. The summed E-state index contributed by atoms with van der Waals surface area (Å²) in [4.78, 5) is 12.4. The van der Waals surface area contributed by atoms with Crippen LogP contribution >= 0.6 is 0 Å². The van der Waals surface area contributed by atoms with Crippen molar-refractivity contribution in [3.8, 4) is 11.1 Å². The average molecular weight is 371 g/mol. The molecule has 0 fully saturated rings. The van der Waals surface area contributed by atoms with Crippen LogP contribution in [-0.2, 0) is 5.60 Å². The van der Waals surface area contributed by atoms with Gasteiger partial charge in [0.15, 0.2) is 5.76 Å². The van der Waals surface area contributed by atoms with Crippen molar-refractivity contribution >= 4 is 16.9 Å². The fourth-order valence-corrected chi connectivity index (χ4v) is 3.19. The van der Waals surface area contributed by atoms with Crippen LogP contribution in [0.5, 0.6) is 0 Å². The Morgan fingerprint density at radius 3 is 2.29 bits per heavy atom. The van der Waals surface area contributed by atoms with E-state index in [0.717, 1.165) is 22.1 Å². The molecular weight excluding hydrogens is 350 g/mol. The van der Waals surface area contributed by atoms with E-state index in [9.17, 15) is 9.90 Å². The van der Waals surface area contributed by atoms with Gasteiger partial charge in [-0.3, -0.25) is 4.79 Å². The number of amides is 1. The Morgan fingerprint density at radius 1 is 0.929 bits per heavy atom. The van der Waals surface area contributed by atoms with E-state index in [2.05, 4.69) is 5.32 Å². The smallest absolute Gasteiger partial charge is 0.287 e. The molecule has 0 spiro atoms. The lowest BCUT2D eigenvalue weighted by molar-refractivity contribution is 0.0519. The van der Waals surface area contributed by atoms with Crippen molar-refractivity contribution in [1.29, 1.82) is 0 Å². The number of hydrogen-bond donors (Lipinski definition) is 2. The summed E-state index contributed by atoms with van der Waals surface area (Å²) in [6, 6.07) is 26.9. The number of para-hydroxylation sites is 1. The molecule has 4 aromatic rings. The quantitative estimate of drug-likeness (QED) is 0.533. The first kappa shape index (κ1) is 18.0. The van der Waals surface area contributed by atoms with Crippen LogP contribution in [-0.4, -0.2) is 17.6 Å². The van der Waals surface area contributed by atoms with Gasteiger partial charge in [0.2, 0.25) is 0 Å². The first-order valence-corrected chi connectivity index (χ1v) is 9.18. The monoisotopic (exact) mass is 371 g/mol. The van der Waals surface area contributed by atoms with Gasteiger partial charge in [0.25, 0.3) is 5.91 Å². The minimum Gasteiger partial charge on any atom is -0.451 e. The highest BCUT2D eigenvalue weighted by molar-refractivity contribution is 5.96. The fourth-order valence-electron chi connectivity index (χ4n) is 3.19. The van der Waals surface area contributed by atoms with Gasteiger partial charge in [0.05, 0.1) is 6.54 Å². The molecule has 140 valence electrons. The lowest BCUT2D eigenvalue weighted by Crippen LogP contribution is -2.38. The van der Waals surface area contributed by atoms with Crippen molar-refractivity contribution < 1.29 is 14.3 Å². The molecule has 0 radical (unpaired) electrons. The highest BCUT2D eigenvalue weighted by Gasteiger charge is 2.25. The molecule has 0 bridgehead atoms. The van der Waals surface area contributed by atoms with Gasteiger partial charge in [0, 0.05) is 5.39 Å². The van der Waals surface area contributed by atoms with E-state index in [4.69, 9.17) is 4.42 Å². The molecule has 1 aromatic heterocycles. The summed E-state index contributed by atoms with van der Waals surface area (Å²) < 4.78 is 5.57. The normalized spacial score (nSPS) is 13.2. The van der Waals surface area contributed by atoms with Crippen LogP contribution in [0.25, 0.3) is 22.1 Å². The van der Waals surface area contributed by atoms with E-state index in [1.54, 1.807) is 13.0 Å². The van der Waals surface area contributed by atoms with Gasteiger partial charge >= 0.3 is 0 Å². The summed E-state index contributed by atoms with van der Waals surface area (Å²) in [5.74, 6) is -0.117. The SMILES string of the molecule is CC(O)(CNC(=O)c1cc2ccccc2o1)c1ccc(-c2ccccc2)cc1. The molecule has 1 unspecified atom stereocenters. The zero-order chi connectivity index (χ0) is 19.6. The van der Waals surface area contributed by atoms with Gasteiger partial charge in [-0.25, -0.2) is 0 Å². The number of hydrogen-bond acceptors (Lipinski definition) is 3. The van der Waals surface area contributed by atoms with E-state index in [0.29, 0.717) is 5.58 Å². The van der Waals surface area contributed by atoms with Gasteiger partial charge in [-0.1, -0.05) is 72.8 Å². The summed E-state index contributed by atoms with van der Waals surface area (Å²) in [5.41, 5.74) is 2.39. The fraction of sp³-hybridized carbons (Fsp3) is 0.125. The Kier molecular flexibility index (Phi) is 4.72. The Hall–Kier alpha value is -3.37. The standard InChI is InChI=1S/C24H21NO3/c1-24(27,20-13-11-18(12-14-20)17-7-3-2-4-8-17)16-25-23(26)22-15-19-9-5-6-10-21(19)28-22/h2-15,27H,16H2,1H3,(H,25,26). The van der Waals surface area contributed by atoms with Crippen LogP contribution in [0.1, 0.15) is 23.0 Å². The lowest BCUT2D eigenvalue weighted by atomic mass is 9.93. The number of benzene rings is 3. The third-order valence-electron chi connectivity index (χ3n) is 4.86. The molecular formula is C24H21NO3. The predicted molar refractivity (Wildman–Crippen MR) is 110 cm³/mol. The van der Waals surface area contributed by atoms with Crippen LogP contribution in [0, 0.1) is 0 Å². The molecule has 0 aliphatic heterocycles. The predicted octanol–water partition coefficient (Wildman–Crippen LogP) is 4.74. The number of carbonyl (C=O) groups excluding carboxylic acids is 1. The van der Waals surface area contributed by atoms with E-state index in [1.165, 1.54) is 0 Å². The highest BCUT2D eigenvalue weighted by atomic mass is 16.3. The van der Waals surface area contributed by atoms with E-state index in [-0.39, 0.29) is 18.2 Å². The molecule has 4 rings (SSSR count). The van der Waals surface area contributed by atoms with E-state index >= 15 is 0 Å². The van der Waals surface area contributed by atoms with Gasteiger partial charge in [-0.05, 0) is 35.7 Å². The van der Waals surface area contributed by atoms with Gasteiger partial charge in [-0.2, -0.15) is 0 Å². The van der Waals surface area contributed by atoms with Crippen LogP contribution in [0.3, 0.4) is 0 Å². The Balaban J connectivity index is 1.45. The molecule has 0 aliphatic carbocycles. The minimum atomic E-state index is -1.20. The van der Waals surface area contributed by atoms with Gasteiger partial charge in [-0.15, -0.1) is 0 Å². The van der Waals surface area contributed by atoms with Gasteiger partial charge in [0.1, 0.15) is 11.2 Å². The molecule has 0 aliphatic rings. The van der Waals surface area contributed by atoms with Crippen LogP contribution in [0.4, 0.5) is 0 Å².